The van der Waals surface area contributed by atoms with Gasteiger partial charge in [0.05, 0.1) is 12.1 Å². The highest BCUT2D eigenvalue weighted by atomic mass is 35.5. The highest BCUT2D eigenvalue weighted by Crippen LogP contribution is 2.17. The smallest absolute Gasteiger partial charge is 0.335 e. The second kappa shape index (κ2) is 7.09. The van der Waals surface area contributed by atoms with Crippen LogP contribution in [0.3, 0.4) is 0 Å². The Bertz CT molecular complexity index is 506. The number of halogens is 1. The zero-order chi connectivity index (χ0) is 15.3. The summed E-state index contributed by atoms with van der Waals surface area (Å²) in [6.45, 7) is 4.68. The van der Waals surface area contributed by atoms with Crippen molar-refractivity contribution in [1.82, 2.24) is 10.3 Å². The number of anilines is 1. The molecule has 110 valence electrons. The molecule has 2 N–H and O–H groups in total. The van der Waals surface area contributed by atoms with Gasteiger partial charge in [-0.15, -0.1) is 0 Å². The van der Waals surface area contributed by atoms with E-state index in [9.17, 15) is 9.59 Å². The number of nitrogens with zero attached hydrogens (tertiary/aromatic N) is 2. The molecule has 0 saturated carbocycles. The first kappa shape index (κ1) is 16.2. The van der Waals surface area contributed by atoms with Crippen LogP contribution in [-0.2, 0) is 4.79 Å². The van der Waals surface area contributed by atoms with Crippen molar-refractivity contribution in [2.45, 2.75) is 13.8 Å². The van der Waals surface area contributed by atoms with Crippen molar-refractivity contribution in [3.05, 3.63) is 22.8 Å². The molecule has 0 radical (unpaired) electrons. The Morgan fingerprint density at radius 3 is 2.65 bits per heavy atom. The third-order valence-electron chi connectivity index (χ3n) is 2.51. The molecule has 0 fully saturated rings. The van der Waals surface area contributed by atoms with E-state index in [0.29, 0.717) is 18.3 Å². The number of hydrogen-bond donors (Lipinski definition) is 2. The Morgan fingerprint density at radius 2 is 2.10 bits per heavy atom. The lowest BCUT2D eigenvalue weighted by atomic mass is 10.2. The number of rotatable bonds is 6. The standard InChI is InChI=1S/C13H18ClN3O3/c1-8(2)6-15-12(18)7-17(3)11-5-9(13(19)20)4-10(14)16-11/h4-5,8H,6-7H2,1-3H3,(H,15,18)(H,19,20). The van der Waals surface area contributed by atoms with Crippen LogP contribution in [0, 0.1) is 5.92 Å². The predicted octanol–water partition coefficient (Wildman–Crippen LogP) is 1.64. The minimum atomic E-state index is -1.09. The van der Waals surface area contributed by atoms with E-state index in [0.717, 1.165) is 0 Å². The molecule has 0 aromatic carbocycles. The summed E-state index contributed by atoms with van der Waals surface area (Å²) in [4.78, 5) is 28.2. The van der Waals surface area contributed by atoms with Gasteiger partial charge in [0.25, 0.3) is 0 Å². The molecule has 0 aliphatic rings. The van der Waals surface area contributed by atoms with Gasteiger partial charge in [-0.25, -0.2) is 9.78 Å². The van der Waals surface area contributed by atoms with Gasteiger partial charge in [-0.3, -0.25) is 4.79 Å². The highest BCUT2D eigenvalue weighted by Gasteiger charge is 2.13. The number of amides is 1. The minimum Gasteiger partial charge on any atom is -0.478 e. The van der Waals surface area contributed by atoms with Crippen molar-refractivity contribution in [1.29, 1.82) is 0 Å². The van der Waals surface area contributed by atoms with Gasteiger partial charge in [0, 0.05) is 13.6 Å². The maximum atomic E-state index is 11.7. The number of aromatic nitrogens is 1. The largest absolute Gasteiger partial charge is 0.478 e. The summed E-state index contributed by atoms with van der Waals surface area (Å²) in [5.74, 6) is -0.533. The fourth-order valence-electron chi connectivity index (χ4n) is 1.47. The summed E-state index contributed by atoms with van der Waals surface area (Å²) in [5, 5.41) is 11.8. The molecule has 1 heterocycles. The zero-order valence-electron chi connectivity index (χ0n) is 11.7. The van der Waals surface area contributed by atoms with E-state index in [1.54, 1.807) is 11.9 Å². The molecule has 6 nitrogen and oxygen atoms in total. The number of pyridine rings is 1. The Labute approximate surface area is 122 Å². The summed E-state index contributed by atoms with van der Waals surface area (Å²) in [5.41, 5.74) is 0.0365. The molecule has 1 aromatic rings. The van der Waals surface area contributed by atoms with Gasteiger partial charge in [-0.05, 0) is 18.1 Å². The number of hydrogen-bond acceptors (Lipinski definition) is 4. The van der Waals surface area contributed by atoms with Crippen LogP contribution in [0.2, 0.25) is 5.15 Å². The average molecular weight is 300 g/mol. The first-order valence-electron chi connectivity index (χ1n) is 6.18. The van der Waals surface area contributed by atoms with Gasteiger partial charge >= 0.3 is 5.97 Å². The molecule has 0 aliphatic carbocycles. The van der Waals surface area contributed by atoms with E-state index >= 15 is 0 Å². The lowest BCUT2D eigenvalue weighted by Crippen LogP contribution is -2.37. The summed E-state index contributed by atoms with van der Waals surface area (Å²) in [7, 11) is 1.65. The predicted molar refractivity (Wildman–Crippen MR) is 77.3 cm³/mol. The van der Waals surface area contributed by atoms with Gasteiger partial charge < -0.3 is 15.3 Å². The van der Waals surface area contributed by atoms with Crippen molar-refractivity contribution in [3.8, 4) is 0 Å². The molecule has 0 saturated heterocycles. The molecule has 0 atom stereocenters. The van der Waals surface area contributed by atoms with E-state index in [2.05, 4.69) is 10.3 Å². The van der Waals surface area contributed by atoms with Crippen LogP contribution < -0.4 is 10.2 Å². The fourth-order valence-corrected chi connectivity index (χ4v) is 1.68. The number of likely N-dealkylation sites (N-methyl/N-ethyl adjacent to an activating group) is 1. The third-order valence-corrected chi connectivity index (χ3v) is 2.70. The molecule has 7 heteroatoms. The Balaban J connectivity index is 2.74. The molecule has 1 rings (SSSR count). The van der Waals surface area contributed by atoms with Gasteiger partial charge in [-0.2, -0.15) is 0 Å². The van der Waals surface area contributed by atoms with Crippen LogP contribution in [0.5, 0.6) is 0 Å². The van der Waals surface area contributed by atoms with E-state index in [-0.39, 0.29) is 23.2 Å². The van der Waals surface area contributed by atoms with E-state index in [4.69, 9.17) is 16.7 Å². The lowest BCUT2D eigenvalue weighted by molar-refractivity contribution is -0.119. The van der Waals surface area contributed by atoms with Crippen molar-refractivity contribution >= 4 is 29.3 Å². The van der Waals surface area contributed by atoms with Gasteiger partial charge in [0.15, 0.2) is 0 Å². The normalized spacial score (nSPS) is 10.4. The molecule has 1 aromatic heterocycles. The molecule has 0 unspecified atom stereocenters. The number of carbonyl (C=O) groups is 2. The number of carboxylic acid groups (broad SMARTS) is 1. The topological polar surface area (TPSA) is 82.5 Å². The number of nitrogens with one attached hydrogen (secondary N) is 1. The second-order valence-corrected chi connectivity index (χ2v) is 5.28. The molecule has 0 aliphatic heterocycles. The van der Waals surface area contributed by atoms with Gasteiger partial charge in [0.2, 0.25) is 5.91 Å². The number of carbonyl (C=O) groups excluding carboxylic acids is 1. The van der Waals surface area contributed by atoms with Crippen molar-refractivity contribution in [2.75, 3.05) is 25.0 Å². The Hall–Kier alpha value is -1.82. The van der Waals surface area contributed by atoms with Crippen molar-refractivity contribution in [3.63, 3.8) is 0 Å². The van der Waals surface area contributed by atoms with Crippen LogP contribution in [0.15, 0.2) is 12.1 Å². The monoisotopic (exact) mass is 299 g/mol. The molecule has 0 spiro atoms. The zero-order valence-corrected chi connectivity index (χ0v) is 12.4. The Morgan fingerprint density at radius 1 is 1.45 bits per heavy atom. The first-order chi connectivity index (χ1) is 9.29. The van der Waals surface area contributed by atoms with Crippen molar-refractivity contribution in [2.24, 2.45) is 5.92 Å². The molecule has 1 amide bonds. The molecule has 20 heavy (non-hydrogen) atoms. The van der Waals surface area contributed by atoms with E-state index in [1.165, 1.54) is 12.1 Å². The third kappa shape index (κ3) is 5.05. The van der Waals surface area contributed by atoms with E-state index < -0.39 is 5.97 Å². The highest BCUT2D eigenvalue weighted by molar-refractivity contribution is 6.29. The minimum absolute atomic E-state index is 0.0365. The van der Waals surface area contributed by atoms with Gasteiger partial charge in [0.1, 0.15) is 11.0 Å². The number of carboxylic acids is 1. The number of aromatic carboxylic acids is 1. The van der Waals surface area contributed by atoms with Crippen LogP contribution >= 0.6 is 11.6 Å². The van der Waals surface area contributed by atoms with Gasteiger partial charge in [-0.1, -0.05) is 25.4 Å². The SMILES string of the molecule is CC(C)CNC(=O)CN(C)c1cc(C(=O)O)cc(Cl)n1. The quantitative estimate of drug-likeness (QED) is 0.780. The fraction of sp³-hybridized carbons (Fsp3) is 0.462. The van der Waals surface area contributed by atoms with Crippen LogP contribution in [0.1, 0.15) is 24.2 Å². The maximum Gasteiger partial charge on any atom is 0.335 e. The molecular formula is C13H18ClN3O3. The summed E-state index contributed by atoms with van der Waals surface area (Å²) in [6, 6.07) is 2.64. The average Bonchev–Trinajstić information content (AvgIpc) is 2.35. The first-order valence-corrected chi connectivity index (χ1v) is 6.56. The molecular weight excluding hydrogens is 282 g/mol. The van der Waals surface area contributed by atoms with Crippen molar-refractivity contribution < 1.29 is 14.7 Å². The summed E-state index contributed by atoms with van der Waals surface area (Å²) in [6.07, 6.45) is 0. The summed E-state index contributed by atoms with van der Waals surface area (Å²) < 4.78 is 0. The second-order valence-electron chi connectivity index (χ2n) is 4.90. The van der Waals surface area contributed by atoms with Crippen LogP contribution in [0.4, 0.5) is 5.82 Å². The lowest BCUT2D eigenvalue weighted by Gasteiger charge is -2.18. The summed E-state index contributed by atoms with van der Waals surface area (Å²) >= 11 is 5.78. The maximum absolute atomic E-state index is 11.7. The Kier molecular flexibility index (Phi) is 5.76. The molecule has 0 bridgehead atoms. The van der Waals surface area contributed by atoms with Crippen LogP contribution in [0.25, 0.3) is 0 Å². The van der Waals surface area contributed by atoms with Crippen LogP contribution in [-0.4, -0.2) is 42.1 Å². The van der Waals surface area contributed by atoms with E-state index in [1.807, 2.05) is 13.8 Å².